The minimum Gasteiger partial charge on any atom is -0.199 e. The summed E-state index contributed by atoms with van der Waals surface area (Å²) in [6.07, 6.45) is 0. The van der Waals surface area contributed by atoms with E-state index in [2.05, 4.69) is 136 Å². The van der Waals surface area contributed by atoms with Gasteiger partial charge in [0.15, 0.2) is 0 Å². The summed E-state index contributed by atoms with van der Waals surface area (Å²) >= 11 is 0. The summed E-state index contributed by atoms with van der Waals surface area (Å²) in [6.45, 7) is 11.7. The first kappa shape index (κ1) is 34.2. The average molecular weight is 619 g/mol. The Balaban J connectivity index is 0.000000160. The van der Waals surface area contributed by atoms with E-state index in [1.807, 2.05) is 60.7 Å². The molecule has 2 radical (unpaired) electrons. The van der Waals surface area contributed by atoms with Crippen LogP contribution in [0.25, 0.3) is 43.1 Å². The van der Waals surface area contributed by atoms with Gasteiger partial charge in [-0.05, 0) is 0 Å². The van der Waals surface area contributed by atoms with Crippen LogP contribution in [0.3, 0.4) is 0 Å². The molecule has 0 heterocycles. The van der Waals surface area contributed by atoms with E-state index in [0.29, 0.717) is 0 Å². The molecule has 0 saturated heterocycles. The molecule has 8 aromatic rings. The van der Waals surface area contributed by atoms with Crippen molar-refractivity contribution in [3.8, 4) is 0 Å². The summed E-state index contributed by atoms with van der Waals surface area (Å²) in [5.41, 5.74) is 2.14. The van der Waals surface area contributed by atoms with Crippen molar-refractivity contribution in [3.63, 3.8) is 0 Å². The molecule has 0 spiro atoms. The van der Waals surface area contributed by atoms with Crippen LogP contribution in [0.4, 0.5) is 0 Å². The Labute approximate surface area is 280 Å². The zero-order valence-corrected chi connectivity index (χ0v) is 28.1. The molecule has 0 aromatic heterocycles. The van der Waals surface area contributed by atoms with E-state index in [-0.39, 0.29) is 21.7 Å². The summed E-state index contributed by atoms with van der Waals surface area (Å²) in [7, 11) is 1.08. The molecule has 0 bridgehead atoms. The van der Waals surface area contributed by atoms with Crippen LogP contribution in [0, 0.1) is 13.8 Å². The zero-order chi connectivity index (χ0) is 30.3. The fraction of sp³-hybridized carbons (Fsp3) is 0.0476. The third-order valence-electron chi connectivity index (χ3n) is 6.73. The van der Waals surface area contributed by atoms with E-state index in [1.165, 1.54) is 43.1 Å². The minimum absolute atomic E-state index is 0. The van der Waals surface area contributed by atoms with Gasteiger partial charge in [0.1, 0.15) is 0 Å². The van der Waals surface area contributed by atoms with E-state index in [9.17, 15) is 0 Å². The second-order valence-electron chi connectivity index (χ2n) is 10.1. The topological polar surface area (TPSA) is 0 Å². The number of hydrogen-bond donors (Lipinski definition) is 0. The second kappa shape index (κ2) is 18.4. The molecule has 8 aromatic carbocycles. The zero-order valence-electron chi connectivity index (χ0n) is 25.6. The Kier molecular flexibility index (Phi) is 14.3. The summed E-state index contributed by atoms with van der Waals surface area (Å²) in [4.78, 5) is 0. The summed E-state index contributed by atoms with van der Waals surface area (Å²) in [5.74, 6) is 0. The molecule has 0 aliphatic rings. The molecular formula is C42H38SiTi. The van der Waals surface area contributed by atoms with Crippen LogP contribution < -0.4 is 0 Å². The van der Waals surface area contributed by atoms with E-state index >= 15 is 0 Å². The van der Waals surface area contributed by atoms with Crippen LogP contribution in [-0.4, -0.2) is 9.52 Å². The van der Waals surface area contributed by atoms with Crippen molar-refractivity contribution in [1.29, 1.82) is 0 Å². The third kappa shape index (κ3) is 9.89. The van der Waals surface area contributed by atoms with Gasteiger partial charge in [0.2, 0.25) is 0 Å². The van der Waals surface area contributed by atoms with Crippen LogP contribution in [0.2, 0.25) is 13.1 Å². The fourth-order valence-corrected chi connectivity index (χ4v) is 4.76. The smallest absolute Gasteiger partial charge is 0.199 e. The average Bonchev–Trinajstić information content (AvgIpc) is 3.62. The molecule has 0 nitrogen and oxygen atoms in total. The van der Waals surface area contributed by atoms with Crippen molar-refractivity contribution in [1.82, 2.24) is 0 Å². The first-order chi connectivity index (χ1) is 21.1. The van der Waals surface area contributed by atoms with E-state index in [0.717, 1.165) is 20.6 Å². The minimum atomic E-state index is 0. The van der Waals surface area contributed by atoms with Gasteiger partial charge in [-0.1, -0.05) is 98.0 Å². The number of rotatable bonds is 0. The molecular weight excluding hydrogens is 580 g/mol. The van der Waals surface area contributed by atoms with Crippen LogP contribution in [0.15, 0.2) is 170 Å². The van der Waals surface area contributed by atoms with Gasteiger partial charge in [-0.25, -0.2) is 0 Å². The van der Waals surface area contributed by atoms with Crippen molar-refractivity contribution in [3.05, 3.63) is 195 Å². The number of fused-ring (bicyclic) bond motifs is 6. The normalized spacial score (nSPS) is 9.68. The summed E-state index contributed by atoms with van der Waals surface area (Å²) in [6, 6.07) is 58.3. The number of hydrogen-bond acceptors (Lipinski definition) is 0. The van der Waals surface area contributed by atoms with Gasteiger partial charge in [0, 0.05) is 9.52 Å². The van der Waals surface area contributed by atoms with E-state index in [4.69, 9.17) is 0 Å². The van der Waals surface area contributed by atoms with E-state index in [1.54, 1.807) is 0 Å². The van der Waals surface area contributed by atoms with Gasteiger partial charge in [0.25, 0.3) is 0 Å². The molecule has 0 fully saturated rings. The van der Waals surface area contributed by atoms with Crippen molar-refractivity contribution in [2.75, 3.05) is 0 Å². The molecule has 44 heavy (non-hydrogen) atoms. The van der Waals surface area contributed by atoms with Gasteiger partial charge in [0.05, 0.1) is 0 Å². The molecule has 0 atom stereocenters. The Morgan fingerprint density at radius 2 is 0.568 bits per heavy atom. The molecule has 2 heteroatoms. The van der Waals surface area contributed by atoms with Crippen molar-refractivity contribution in [2.45, 2.75) is 13.1 Å². The predicted octanol–water partition coefficient (Wildman–Crippen LogP) is 11.9. The first-order valence-corrected chi connectivity index (χ1v) is 16.5. The molecule has 0 aliphatic heterocycles. The van der Waals surface area contributed by atoms with Crippen LogP contribution in [0.5, 0.6) is 0 Å². The third-order valence-corrected chi connectivity index (χ3v) is 6.73. The van der Waals surface area contributed by atoms with Gasteiger partial charge in [-0.15, -0.1) is 104 Å². The Morgan fingerprint density at radius 3 is 0.773 bits per heavy atom. The van der Waals surface area contributed by atoms with Crippen molar-refractivity contribution < 1.29 is 21.7 Å². The SMILES string of the molecule is C[Si]C.[CH2-]c1ccccc1.[CH2-]c1ccccc1.[Ti+4].c1ccc2c(c1)[cH-]c1ccccc12.c1ccc2c(c1)[cH-]c1ccccc12. The summed E-state index contributed by atoms with van der Waals surface area (Å²) < 4.78 is 0. The maximum atomic E-state index is 3.72. The molecule has 0 amide bonds. The Morgan fingerprint density at radius 1 is 0.364 bits per heavy atom. The maximum Gasteiger partial charge on any atom is 4.00 e. The molecule has 0 unspecified atom stereocenters. The Hall–Kier alpha value is -4.27. The largest absolute Gasteiger partial charge is 4.00 e. The Bertz CT molecular complexity index is 1690. The van der Waals surface area contributed by atoms with Crippen LogP contribution >= 0.6 is 0 Å². The molecule has 0 saturated carbocycles. The monoisotopic (exact) mass is 618 g/mol. The predicted molar refractivity (Wildman–Crippen MR) is 193 cm³/mol. The van der Waals surface area contributed by atoms with Gasteiger partial charge in [-0.2, -0.15) is 49.2 Å². The molecule has 8 rings (SSSR count). The van der Waals surface area contributed by atoms with Crippen molar-refractivity contribution in [2.24, 2.45) is 0 Å². The molecule has 0 aliphatic carbocycles. The maximum absolute atomic E-state index is 3.72. The first-order valence-electron chi connectivity index (χ1n) is 14.5. The number of benzene rings is 6. The molecule has 0 N–H and O–H groups in total. The van der Waals surface area contributed by atoms with E-state index < -0.39 is 0 Å². The summed E-state index contributed by atoms with van der Waals surface area (Å²) in [5, 5.41) is 10.8. The van der Waals surface area contributed by atoms with Gasteiger partial charge < -0.3 is 0 Å². The quantitative estimate of drug-likeness (QED) is 0.117. The fourth-order valence-electron chi connectivity index (χ4n) is 4.76. The molecule has 214 valence electrons. The van der Waals surface area contributed by atoms with Gasteiger partial charge in [-0.3, -0.25) is 0 Å². The standard InChI is InChI=1S/2C13H9.2C7H7.C2H6Si.Ti/c2*1-3-7-12-10(5-1)9-11-6-2-4-8-13(11)12;2*1-7-5-3-2-4-6-7;1-3-2;/h2*1-9H;2*2-6H,1H2;1-2H3;/q4*-1;;+4. The van der Waals surface area contributed by atoms with Crippen molar-refractivity contribution >= 4 is 52.6 Å². The van der Waals surface area contributed by atoms with Crippen LogP contribution in [-0.2, 0) is 21.7 Å². The second-order valence-corrected chi connectivity index (χ2v) is 11.1. The van der Waals surface area contributed by atoms with Crippen LogP contribution in [0.1, 0.15) is 11.1 Å². The van der Waals surface area contributed by atoms with Gasteiger partial charge >= 0.3 is 21.7 Å².